The average molecular weight is 570 g/mol. The number of nitrogens with one attached hydrogen (secondary N) is 4. The number of ketones is 1. The van der Waals surface area contributed by atoms with Crippen molar-refractivity contribution in [2.45, 2.75) is 111 Å². The third-order valence-electron chi connectivity index (χ3n) is 5.96. The molecule has 1 aliphatic rings. The van der Waals surface area contributed by atoms with Gasteiger partial charge in [0.25, 0.3) is 5.91 Å². The summed E-state index contributed by atoms with van der Waals surface area (Å²) in [6, 6.07) is -3.72. The van der Waals surface area contributed by atoms with Crippen molar-refractivity contribution in [3.63, 3.8) is 0 Å². The number of hydrogen-bond acceptors (Lipinski definition) is 9. The van der Waals surface area contributed by atoms with E-state index in [1.165, 1.54) is 4.90 Å². The van der Waals surface area contributed by atoms with Crippen LogP contribution in [-0.2, 0) is 33.5 Å². The molecule has 40 heavy (non-hydrogen) atoms. The molecule has 0 aromatic heterocycles. The van der Waals surface area contributed by atoms with Crippen LogP contribution in [0.5, 0.6) is 0 Å². The van der Waals surface area contributed by atoms with Crippen LogP contribution in [0.25, 0.3) is 0 Å². The van der Waals surface area contributed by atoms with Crippen LogP contribution >= 0.6 is 0 Å². The molecule has 13 heteroatoms. The molecular formula is C27H47N5O8. The van der Waals surface area contributed by atoms with E-state index in [-0.39, 0.29) is 19.5 Å². The smallest absolute Gasteiger partial charge is 0.347 e. The van der Waals surface area contributed by atoms with Crippen molar-refractivity contribution < 1.29 is 38.3 Å². The Morgan fingerprint density at radius 2 is 1.60 bits per heavy atom. The zero-order valence-electron chi connectivity index (χ0n) is 25.1. The second-order valence-corrected chi connectivity index (χ2v) is 11.9. The predicted molar refractivity (Wildman–Crippen MR) is 147 cm³/mol. The van der Waals surface area contributed by atoms with Crippen LogP contribution in [0.4, 0.5) is 4.79 Å². The molecule has 3 atom stereocenters. The molecule has 4 amide bonds. The zero-order chi connectivity index (χ0) is 30.7. The molecule has 0 radical (unpaired) electrons. The Kier molecular flexibility index (Phi) is 13.5. The van der Waals surface area contributed by atoms with E-state index in [4.69, 9.17) is 9.57 Å². The first-order chi connectivity index (χ1) is 18.5. The van der Waals surface area contributed by atoms with Crippen molar-refractivity contribution in [1.82, 2.24) is 26.3 Å². The third kappa shape index (κ3) is 11.5. The molecule has 4 N–H and O–H groups in total. The molecule has 0 aromatic rings. The second kappa shape index (κ2) is 15.5. The Balaban J connectivity index is 2.87. The van der Waals surface area contributed by atoms with Gasteiger partial charge in [-0.15, -0.1) is 5.48 Å². The standard InChI is InChI=1S/C27H47N5O8/c1-9-12-17(20(34)22(35)28-14-10-2)31-40-24(37)18-13-11-15-32(18)23(36)21(26(3,4)5)30-25(38)29-16-19(33)39-27(6,7)8/h17-18,21,31H,9-16H2,1-8H3,(H,28,35)(H2,29,30,38). The Morgan fingerprint density at radius 3 is 2.15 bits per heavy atom. The van der Waals surface area contributed by atoms with Crippen molar-refractivity contribution >= 4 is 35.6 Å². The van der Waals surface area contributed by atoms with Crippen molar-refractivity contribution in [2.75, 3.05) is 19.6 Å². The summed E-state index contributed by atoms with van der Waals surface area (Å²) in [5, 5.41) is 7.53. The fraction of sp³-hybridized carbons (Fsp3) is 0.778. The summed E-state index contributed by atoms with van der Waals surface area (Å²) in [6.45, 7) is 14.3. The number of esters is 1. The molecule has 0 aliphatic carbocycles. The first-order valence-electron chi connectivity index (χ1n) is 13.9. The Labute approximate surface area is 236 Å². The highest BCUT2D eigenvalue weighted by molar-refractivity contribution is 6.38. The SMILES string of the molecule is CCCNC(=O)C(=O)C(CCC)NOC(=O)C1CCCN1C(=O)C(NC(=O)NCC(=O)OC(C)(C)C)C(C)(C)C. The lowest BCUT2D eigenvalue weighted by molar-refractivity contribution is -0.164. The van der Waals surface area contributed by atoms with Crippen LogP contribution < -0.4 is 21.4 Å². The highest BCUT2D eigenvalue weighted by Gasteiger charge is 2.43. The first kappa shape index (κ1) is 34.8. The van der Waals surface area contributed by atoms with E-state index in [0.29, 0.717) is 32.2 Å². The van der Waals surface area contributed by atoms with Crippen molar-refractivity contribution in [3.8, 4) is 0 Å². The molecule has 0 spiro atoms. The van der Waals surface area contributed by atoms with E-state index < -0.39 is 64.7 Å². The van der Waals surface area contributed by atoms with Gasteiger partial charge in [-0.25, -0.2) is 9.59 Å². The van der Waals surface area contributed by atoms with Gasteiger partial charge >= 0.3 is 18.0 Å². The van der Waals surface area contributed by atoms with E-state index >= 15 is 0 Å². The largest absolute Gasteiger partial charge is 0.459 e. The first-order valence-corrected chi connectivity index (χ1v) is 13.9. The number of hydroxylamine groups is 1. The van der Waals surface area contributed by atoms with Gasteiger partial charge in [-0.3, -0.25) is 19.2 Å². The summed E-state index contributed by atoms with van der Waals surface area (Å²) in [7, 11) is 0. The van der Waals surface area contributed by atoms with Gasteiger partial charge in [0, 0.05) is 13.1 Å². The minimum Gasteiger partial charge on any atom is -0.459 e. The fourth-order valence-corrected chi connectivity index (χ4v) is 4.02. The summed E-state index contributed by atoms with van der Waals surface area (Å²) >= 11 is 0. The number of likely N-dealkylation sites (tertiary alicyclic amines) is 1. The van der Waals surface area contributed by atoms with Crippen molar-refractivity contribution in [2.24, 2.45) is 5.41 Å². The highest BCUT2D eigenvalue weighted by Crippen LogP contribution is 2.26. The summed E-state index contributed by atoms with van der Waals surface area (Å²) in [4.78, 5) is 82.2. The summed E-state index contributed by atoms with van der Waals surface area (Å²) in [5.74, 6) is -3.38. The van der Waals surface area contributed by atoms with E-state index in [0.717, 1.165) is 0 Å². The van der Waals surface area contributed by atoms with E-state index in [2.05, 4.69) is 21.4 Å². The van der Waals surface area contributed by atoms with Crippen LogP contribution in [0.2, 0.25) is 0 Å². The summed E-state index contributed by atoms with van der Waals surface area (Å²) in [6.07, 6.45) is 2.36. The third-order valence-corrected chi connectivity index (χ3v) is 5.96. The van der Waals surface area contributed by atoms with Gasteiger partial charge in [0.2, 0.25) is 11.7 Å². The molecule has 0 bridgehead atoms. The minimum atomic E-state index is -1.02. The van der Waals surface area contributed by atoms with Crippen molar-refractivity contribution in [1.29, 1.82) is 0 Å². The quantitative estimate of drug-likeness (QED) is 0.145. The van der Waals surface area contributed by atoms with Gasteiger partial charge in [-0.1, -0.05) is 41.0 Å². The molecule has 1 heterocycles. The monoisotopic (exact) mass is 569 g/mol. The maximum absolute atomic E-state index is 13.6. The molecule has 3 unspecified atom stereocenters. The Bertz CT molecular complexity index is 925. The lowest BCUT2D eigenvalue weighted by Gasteiger charge is -2.35. The Morgan fingerprint density at radius 1 is 0.950 bits per heavy atom. The van der Waals surface area contributed by atoms with E-state index in [1.54, 1.807) is 41.5 Å². The van der Waals surface area contributed by atoms with Gasteiger partial charge in [0.15, 0.2) is 0 Å². The maximum atomic E-state index is 13.6. The molecule has 228 valence electrons. The molecule has 0 saturated carbocycles. The summed E-state index contributed by atoms with van der Waals surface area (Å²) < 4.78 is 5.17. The Hall–Kier alpha value is -3.22. The molecule has 1 aliphatic heterocycles. The highest BCUT2D eigenvalue weighted by atomic mass is 16.7. The lowest BCUT2D eigenvalue weighted by Crippen LogP contribution is -2.59. The molecule has 1 saturated heterocycles. The number of rotatable bonds is 13. The number of carbonyl (C=O) groups excluding carboxylic acids is 6. The van der Waals surface area contributed by atoms with E-state index in [9.17, 15) is 28.8 Å². The second-order valence-electron chi connectivity index (χ2n) is 11.9. The number of carbonyl (C=O) groups is 6. The van der Waals surface area contributed by atoms with Crippen LogP contribution in [0.3, 0.4) is 0 Å². The molecule has 13 nitrogen and oxygen atoms in total. The number of urea groups is 1. The van der Waals surface area contributed by atoms with Gasteiger partial charge in [0.1, 0.15) is 30.3 Å². The van der Waals surface area contributed by atoms with Gasteiger partial charge < -0.3 is 30.4 Å². The molecule has 0 aromatic carbocycles. The average Bonchev–Trinajstić information content (AvgIpc) is 3.34. The number of ether oxygens (including phenoxy) is 1. The van der Waals surface area contributed by atoms with E-state index in [1.807, 2.05) is 13.8 Å². The van der Waals surface area contributed by atoms with Crippen LogP contribution in [-0.4, -0.2) is 83.8 Å². The predicted octanol–water partition coefficient (Wildman–Crippen LogP) is 1.34. The lowest BCUT2D eigenvalue weighted by atomic mass is 9.85. The number of hydrogen-bond donors (Lipinski definition) is 4. The number of Topliss-reactive ketones (excluding diaryl/α,β-unsaturated/α-hetero) is 1. The van der Waals surface area contributed by atoms with Gasteiger partial charge in [-0.2, -0.15) is 0 Å². The normalized spacial score (nSPS) is 16.9. The number of amides is 4. The molecule has 1 fully saturated rings. The van der Waals surface area contributed by atoms with Gasteiger partial charge in [0.05, 0.1) is 0 Å². The maximum Gasteiger partial charge on any atom is 0.347 e. The molecular weight excluding hydrogens is 522 g/mol. The topological polar surface area (TPSA) is 172 Å². The minimum absolute atomic E-state index is 0.267. The van der Waals surface area contributed by atoms with Crippen LogP contribution in [0.1, 0.15) is 87.5 Å². The van der Waals surface area contributed by atoms with Crippen LogP contribution in [0, 0.1) is 5.41 Å². The molecule has 1 rings (SSSR count). The van der Waals surface area contributed by atoms with Crippen molar-refractivity contribution in [3.05, 3.63) is 0 Å². The number of nitrogens with zero attached hydrogens (tertiary/aromatic N) is 1. The van der Waals surface area contributed by atoms with Gasteiger partial charge in [-0.05, 0) is 51.9 Å². The fourth-order valence-electron chi connectivity index (χ4n) is 4.02. The van der Waals surface area contributed by atoms with Crippen LogP contribution in [0.15, 0.2) is 0 Å². The zero-order valence-corrected chi connectivity index (χ0v) is 25.1. The summed E-state index contributed by atoms with van der Waals surface area (Å²) in [5.41, 5.74) is 0.982.